The lowest BCUT2D eigenvalue weighted by atomic mass is 10.2. The molecule has 0 atom stereocenters. The van der Waals surface area contributed by atoms with Crippen molar-refractivity contribution in [1.82, 2.24) is 0 Å². The van der Waals surface area contributed by atoms with Crippen molar-refractivity contribution in [2.45, 2.75) is 6.54 Å². The van der Waals surface area contributed by atoms with E-state index in [0.717, 1.165) is 16.6 Å². The fourth-order valence-corrected chi connectivity index (χ4v) is 2.76. The molecule has 18 heavy (non-hydrogen) atoms. The van der Waals surface area contributed by atoms with E-state index < -0.39 is 5.97 Å². The van der Waals surface area contributed by atoms with Gasteiger partial charge in [-0.05, 0) is 36.4 Å². The van der Waals surface area contributed by atoms with E-state index >= 15 is 0 Å². The second kappa shape index (κ2) is 5.42. The van der Waals surface area contributed by atoms with Crippen LogP contribution in [0.3, 0.4) is 0 Å². The summed E-state index contributed by atoms with van der Waals surface area (Å²) in [5, 5.41) is 8.83. The summed E-state index contributed by atoms with van der Waals surface area (Å²) < 4.78 is 0.777. The van der Waals surface area contributed by atoms with E-state index in [1.807, 2.05) is 24.1 Å². The van der Waals surface area contributed by atoms with E-state index in [2.05, 4.69) is 0 Å². The Labute approximate surface area is 114 Å². The third-order valence-electron chi connectivity index (χ3n) is 2.58. The maximum atomic E-state index is 10.7. The van der Waals surface area contributed by atoms with Crippen LogP contribution in [0.25, 0.3) is 0 Å². The average molecular weight is 282 g/mol. The Morgan fingerprint density at radius 3 is 2.44 bits per heavy atom. The smallest absolute Gasteiger partial charge is 0.335 e. The number of thiophene rings is 1. The van der Waals surface area contributed by atoms with Crippen molar-refractivity contribution in [2.24, 2.45) is 0 Å². The van der Waals surface area contributed by atoms with Gasteiger partial charge in [0.25, 0.3) is 0 Å². The van der Waals surface area contributed by atoms with Crippen LogP contribution in [0.15, 0.2) is 36.4 Å². The quantitative estimate of drug-likeness (QED) is 0.928. The topological polar surface area (TPSA) is 40.5 Å². The van der Waals surface area contributed by atoms with Crippen molar-refractivity contribution >= 4 is 34.6 Å². The Balaban J connectivity index is 2.09. The highest BCUT2D eigenvalue weighted by Gasteiger charge is 2.06. The number of halogens is 1. The zero-order valence-electron chi connectivity index (χ0n) is 9.76. The van der Waals surface area contributed by atoms with Gasteiger partial charge in [0.15, 0.2) is 0 Å². The zero-order chi connectivity index (χ0) is 13.1. The first kappa shape index (κ1) is 12.9. The van der Waals surface area contributed by atoms with E-state index in [9.17, 15) is 4.79 Å². The Kier molecular flexibility index (Phi) is 3.89. The summed E-state index contributed by atoms with van der Waals surface area (Å²) in [7, 11) is 1.96. The molecule has 0 aliphatic heterocycles. The van der Waals surface area contributed by atoms with Crippen LogP contribution >= 0.6 is 22.9 Å². The standard InChI is InChI=1S/C13H12ClNO2S/c1-15(8-11-6-7-12(14)18-11)10-4-2-9(3-5-10)13(16)17/h2-7H,8H2,1H3,(H,16,17). The minimum atomic E-state index is -0.908. The van der Waals surface area contributed by atoms with Crippen LogP contribution in [-0.2, 0) is 6.54 Å². The monoisotopic (exact) mass is 281 g/mol. The molecule has 3 nitrogen and oxygen atoms in total. The first-order chi connectivity index (χ1) is 8.56. The molecule has 94 valence electrons. The Bertz CT molecular complexity index is 550. The first-order valence-electron chi connectivity index (χ1n) is 5.35. The third kappa shape index (κ3) is 3.03. The van der Waals surface area contributed by atoms with Crippen molar-refractivity contribution < 1.29 is 9.90 Å². The first-order valence-corrected chi connectivity index (χ1v) is 6.54. The maximum Gasteiger partial charge on any atom is 0.335 e. The fourth-order valence-electron chi connectivity index (χ4n) is 1.62. The molecule has 5 heteroatoms. The van der Waals surface area contributed by atoms with Gasteiger partial charge in [0, 0.05) is 17.6 Å². The molecule has 0 bridgehead atoms. The predicted molar refractivity (Wildman–Crippen MR) is 74.8 cm³/mol. The molecule has 0 fully saturated rings. The van der Waals surface area contributed by atoms with Crippen LogP contribution in [0.2, 0.25) is 4.34 Å². The average Bonchev–Trinajstić information content (AvgIpc) is 2.75. The van der Waals surface area contributed by atoms with Crippen LogP contribution in [0.5, 0.6) is 0 Å². The van der Waals surface area contributed by atoms with Crippen LogP contribution in [-0.4, -0.2) is 18.1 Å². The minimum absolute atomic E-state index is 0.298. The Hall–Kier alpha value is -1.52. The van der Waals surface area contributed by atoms with E-state index in [1.54, 1.807) is 35.6 Å². The van der Waals surface area contributed by atoms with Gasteiger partial charge in [-0.15, -0.1) is 11.3 Å². The number of carboxylic acids is 1. The van der Waals surface area contributed by atoms with Crippen molar-refractivity contribution in [3.8, 4) is 0 Å². The molecule has 0 radical (unpaired) electrons. The number of rotatable bonds is 4. The van der Waals surface area contributed by atoms with Crippen molar-refractivity contribution in [2.75, 3.05) is 11.9 Å². The molecule has 2 aromatic rings. The zero-order valence-corrected chi connectivity index (χ0v) is 11.3. The number of nitrogens with zero attached hydrogens (tertiary/aromatic N) is 1. The number of hydrogen-bond donors (Lipinski definition) is 1. The van der Waals surface area contributed by atoms with Gasteiger partial charge < -0.3 is 10.0 Å². The van der Waals surface area contributed by atoms with E-state index in [4.69, 9.17) is 16.7 Å². The number of benzene rings is 1. The van der Waals surface area contributed by atoms with Crippen molar-refractivity contribution in [3.05, 3.63) is 51.2 Å². The normalized spacial score (nSPS) is 10.3. The van der Waals surface area contributed by atoms with E-state index in [-0.39, 0.29) is 0 Å². The minimum Gasteiger partial charge on any atom is -0.478 e. The molecule has 0 saturated heterocycles. The van der Waals surface area contributed by atoms with Crippen LogP contribution in [0.1, 0.15) is 15.2 Å². The number of hydrogen-bond acceptors (Lipinski definition) is 3. The third-order valence-corrected chi connectivity index (χ3v) is 3.79. The molecule has 0 amide bonds. The number of carbonyl (C=O) groups is 1. The largest absolute Gasteiger partial charge is 0.478 e. The summed E-state index contributed by atoms with van der Waals surface area (Å²) in [5.74, 6) is -0.908. The van der Waals surface area contributed by atoms with Crippen LogP contribution < -0.4 is 4.90 Å². The number of carboxylic acid groups (broad SMARTS) is 1. The molecular weight excluding hydrogens is 270 g/mol. The van der Waals surface area contributed by atoms with Crippen LogP contribution in [0.4, 0.5) is 5.69 Å². The molecule has 2 rings (SSSR count). The molecule has 0 spiro atoms. The lowest BCUT2D eigenvalue weighted by Gasteiger charge is -2.18. The SMILES string of the molecule is CN(Cc1ccc(Cl)s1)c1ccc(C(=O)O)cc1. The second-order valence-electron chi connectivity index (χ2n) is 3.91. The molecule has 1 heterocycles. The van der Waals surface area contributed by atoms with Crippen molar-refractivity contribution in [1.29, 1.82) is 0 Å². The lowest BCUT2D eigenvalue weighted by molar-refractivity contribution is 0.0697. The Morgan fingerprint density at radius 2 is 1.94 bits per heavy atom. The highest BCUT2D eigenvalue weighted by atomic mass is 35.5. The molecule has 1 aromatic heterocycles. The number of anilines is 1. The van der Waals surface area contributed by atoms with Crippen molar-refractivity contribution in [3.63, 3.8) is 0 Å². The highest BCUT2D eigenvalue weighted by molar-refractivity contribution is 7.16. The summed E-state index contributed by atoms with van der Waals surface area (Å²) in [6, 6.07) is 10.7. The highest BCUT2D eigenvalue weighted by Crippen LogP contribution is 2.24. The summed E-state index contributed by atoms with van der Waals surface area (Å²) in [6.45, 7) is 0.754. The molecule has 1 N–H and O–H groups in total. The summed E-state index contributed by atoms with van der Waals surface area (Å²) in [5.41, 5.74) is 1.27. The predicted octanol–water partition coefficient (Wildman–Crippen LogP) is 3.74. The summed E-state index contributed by atoms with van der Waals surface area (Å²) >= 11 is 7.43. The van der Waals surface area contributed by atoms with Crippen LogP contribution in [0, 0.1) is 0 Å². The molecule has 0 aliphatic rings. The van der Waals surface area contributed by atoms with Gasteiger partial charge in [-0.25, -0.2) is 4.79 Å². The van der Waals surface area contributed by atoms with E-state index in [0.29, 0.717) is 5.56 Å². The second-order valence-corrected chi connectivity index (χ2v) is 5.71. The van der Waals surface area contributed by atoms with E-state index in [1.165, 1.54) is 4.88 Å². The summed E-state index contributed by atoms with van der Waals surface area (Å²) in [4.78, 5) is 14.0. The molecular formula is C13H12ClNO2S. The molecule has 0 unspecified atom stereocenters. The van der Waals surface area contributed by atoms with Gasteiger partial charge in [-0.2, -0.15) is 0 Å². The fraction of sp³-hybridized carbons (Fsp3) is 0.154. The molecule has 0 saturated carbocycles. The van der Waals surface area contributed by atoms with Gasteiger partial charge in [0.1, 0.15) is 0 Å². The van der Waals surface area contributed by atoms with Gasteiger partial charge in [-0.3, -0.25) is 0 Å². The summed E-state index contributed by atoms with van der Waals surface area (Å²) in [6.07, 6.45) is 0. The number of aromatic carboxylic acids is 1. The molecule has 0 aliphatic carbocycles. The maximum absolute atomic E-state index is 10.7. The lowest BCUT2D eigenvalue weighted by Crippen LogP contribution is -2.15. The van der Waals surface area contributed by atoms with Gasteiger partial charge in [0.05, 0.1) is 16.4 Å². The Morgan fingerprint density at radius 1 is 1.28 bits per heavy atom. The van der Waals surface area contributed by atoms with Gasteiger partial charge in [0.2, 0.25) is 0 Å². The van der Waals surface area contributed by atoms with Gasteiger partial charge >= 0.3 is 5.97 Å². The molecule has 1 aromatic carbocycles. The van der Waals surface area contributed by atoms with Gasteiger partial charge in [-0.1, -0.05) is 11.6 Å².